The predicted molar refractivity (Wildman–Crippen MR) is 94.3 cm³/mol. The first kappa shape index (κ1) is 17.9. The van der Waals surface area contributed by atoms with Crippen LogP contribution in [0.15, 0.2) is 40.2 Å². The first-order chi connectivity index (χ1) is 11.4. The Hall–Kier alpha value is -0.920. The molecule has 1 saturated heterocycles. The minimum atomic E-state index is -4.30. The summed E-state index contributed by atoms with van der Waals surface area (Å²) in [6, 6.07) is 5.49. The van der Waals surface area contributed by atoms with Gasteiger partial charge in [-0.25, -0.2) is 4.98 Å². The van der Waals surface area contributed by atoms with E-state index in [-0.39, 0.29) is 11.4 Å². The highest BCUT2D eigenvalue weighted by atomic mass is 35.5. The fourth-order valence-electron chi connectivity index (χ4n) is 2.86. The topological polar surface area (TPSA) is 16.1 Å². The molecular formula is C16H16ClF3N2S2. The molecule has 3 rings (SSSR count). The van der Waals surface area contributed by atoms with Crippen molar-refractivity contribution >= 4 is 40.4 Å². The van der Waals surface area contributed by atoms with Gasteiger partial charge in [0.1, 0.15) is 4.34 Å². The van der Waals surface area contributed by atoms with Gasteiger partial charge in [-0.2, -0.15) is 13.2 Å². The summed E-state index contributed by atoms with van der Waals surface area (Å²) in [5.74, 6) is 0.887. The number of nitrogens with zero attached hydrogens (tertiary/aromatic N) is 2. The molecule has 0 N–H and O–H groups in total. The first-order valence-electron chi connectivity index (χ1n) is 7.55. The molecule has 0 spiro atoms. The van der Waals surface area contributed by atoms with E-state index in [0.717, 1.165) is 47.3 Å². The Labute approximate surface area is 152 Å². The van der Waals surface area contributed by atoms with E-state index in [1.54, 1.807) is 41.4 Å². The van der Waals surface area contributed by atoms with Crippen LogP contribution in [-0.4, -0.2) is 28.7 Å². The summed E-state index contributed by atoms with van der Waals surface area (Å²) in [5, 5.41) is 1.96. The SMILES string of the molecule is FC(F)(F)c1ccc(N2CCC(Cl)C2CCSc2nccs2)cc1. The first-order valence-corrected chi connectivity index (χ1v) is 9.85. The van der Waals surface area contributed by atoms with Crippen molar-refractivity contribution in [3.05, 3.63) is 41.4 Å². The molecular weight excluding hydrogens is 377 g/mol. The van der Waals surface area contributed by atoms with Crippen LogP contribution in [0.25, 0.3) is 0 Å². The third-order valence-corrected chi connectivity index (χ3v) is 6.55. The highest BCUT2D eigenvalue weighted by molar-refractivity contribution is 8.00. The molecule has 24 heavy (non-hydrogen) atoms. The molecule has 8 heteroatoms. The third-order valence-electron chi connectivity index (χ3n) is 4.04. The maximum Gasteiger partial charge on any atom is 0.416 e. The molecule has 0 radical (unpaired) electrons. The quantitative estimate of drug-likeness (QED) is 0.491. The average molecular weight is 393 g/mol. The molecule has 1 fully saturated rings. The smallest absolute Gasteiger partial charge is 0.367 e. The molecule has 1 aliphatic heterocycles. The second kappa shape index (κ2) is 7.54. The Bertz CT molecular complexity index is 646. The van der Waals surface area contributed by atoms with Gasteiger partial charge in [-0.05, 0) is 37.1 Å². The second-order valence-corrected chi connectivity index (χ2v) is 8.34. The summed E-state index contributed by atoms with van der Waals surface area (Å²) < 4.78 is 39.1. The summed E-state index contributed by atoms with van der Waals surface area (Å²) in [6.45, 7) is 0.770. The van der Waals surface area contributed by atoms with Crippen LogP contribution in [0.3, 0.4) is 0 Å². The summed E-state index contributed by atoms with van der Waals surface area (Å²) in [4.78, 5) is 6.36. The molecule has 2 unspecified atom stereocenters. The van der Waals surface area contributed by atoms with Crippen LogP contribution in [0.1, 0.15) is 18.4 Å². The number of benzene rings is 1. The van der Waals surface area contributed by atoms with Gasteiger partial charge in [0.25, 0.3) is 0 Å². The van der Waals surface area contributed by atoms with Crippen LogP contribution in [0.2, 0.25) is 0 Å². The highest BCUT2D eigenvalue weighted by Gasteiger charge is 2.34. The minimum Gasteiger partial charge on any atom is -0.367 e. The van der Waals surface area contributed by atoms with Crippen LogP contribution in [0, 0.1) is 0 Å². The van der Waals surface area contributed by atoms with E-state index >= 15 is 0 Å². The lowest BCUT2D eigenvalue weighted by molar-refractivity contribution is -0.137. The lowest BCUT2D eigenvalue weighted by Gasteiger charge is -2.28. The van der Waals surface area contributed by atoms with Gasteiger partial charge in [0.05, 0.1) is 10.9 Å². The molecule has 1 aromatic heterocycles. The van der Waals surface area contributed by atoms with Crippen molar-refractivity contribution < 1.29 is 13.2 Å². The number of hydrogen-bond donors (Lipinski definition) is 0. The molecule has 2 nitrogen and oxygen atoms in total. The maximum atomic E-state index is 12.7. The average Bonchev–Trinajstić information content (AvgIpc) is 3.17. The Morgan fingerprint density at radius 2 is 2.04 bits per heavy atom. The summed E-state index contributed by atoms with van der Waals surface area (Å²) in [6.07, 6.45) is -0.807. The van der Waals surface area contributed by atoms with Gasteiger partial charge in [0, 0.05) is 35.6 Å². The predicted octanol–water partition coefficient (Wildman–Crippen LogP) is 5.53. The Morgan fingerprint density at radius 3 is 2.67 bits per heavy atom. The molecule has 130 valence electrons. The number of halogens is 4. The number of anilines is 1. The van der Waals surface area contributed by atoms with Crippen molar-refractivity contribution in [2.75, 3.05) is 17.2 Å². The Kier molecular flexibility index (Phi) is 5.62. The molecule has 2 heterocycles. The van der Waals surface area contributed by atoms with E-state index in [4.69, 9.17) is 11.6 Å². The molecule has 1 aliphatic rings. The normalized spacial score (nSPS) is 21.4. The van der Waals surface area contributed by atoms with E-state index in [1.807, 2.05) is 5.38 Å². The van der Waals surface area contributed by atoms with Crippen LogP contribution in [0.5, 0.6) is 0 Å². The number of thiazole rings is 1. The van der Waals surface area contributed by atoms with Crippen LogP contribution in [-0.2, 0) is 6.18 Å². The monoisotopic (exact) mass is 392 g/mol. The fraction of sp³-hybridized carbons (Fsp3) is 0.438. The van der Waals surface area contributed by atoms with Crippen molar-refractivity contribution in [3.8, 4) is 0 Å². The van der Waals surface area contributed by atoms with Gasteiger partial charge in [0.2, 0.25) is 0 Å². The lowest BCUT2D eigenvalue weighted by Crippen LogP contribution is -2.33. The van der Waals surface area contributed by atoms with Crippen molar-refractivity contribution in [3.63, 3.8) is 0 Å². The molecule has 2 aromatic rings. The van der Waals surface area contributed by atoms with Gasteiger partial charge >= 0.3 is 6.18 Å². The van der Waals surface area contributed by atoms with Gasteiger partial charge < -0.3 is 4.90 Å². The fourth-order valence-corrected chi connectivity index (χ4v) is 4.94. The molecule has 2 atom stereocenters. The molecule has 1 aromatic carbocycles. The third kappa shape index (κ3) is 4.18. The minimum absolute atomic E-state index is 0.0178. The van der Waals surface area contributed by atoms with E-state index in [0.29, 0.717) is 0 Å². The number of aromatic nitrogens is 1. The molecule has 0 bridgehead atoms. The zero-order valence-corrected chi connectivity index (χ0v) is 15.1. The molecule has 0 aliphatic carbocycles. The van der Waals surface area contributed by atoms with E-state index in [9.17, 15) is 13.2 Å². The van der Waals surface area contributed by atoms with E-state index < -0.39 is 11.7 Å². The Balaban J connectivity index is 1.65. The maximum absolute atomic E-state index is 12.7. The zero-order valence-electron chi connectivity index (χ0n) is 12.7. The van der Waals surface area contributed by atoms with Crippen LogP contribution in [0.4, 0.5) is 18.9 Å². The molecule has 0 amide bonds. The number of alkyl halides is 4. The summed E-state index contributed by atoms with van der Waals surface area (Å²) in [5.41, 5.74) is 0.180. The Morgan fingerprint density at radius 1 is 1.29 bits per heavy atom. The second-order valence-electron chi connectivity index (χ2n) is 5.55. The van der Waals surface area contributed by atoms with Gasteiger partial charge in [-0.1, -0.05) is 11.8 Å². The summed E-state index contributed by atoms with van der Waals surface area (Å²) >= 11 is 9.74. The number of hydrogen-bond acceptors (Lipinski definition) is 4. The lowest BCUT2D eigenvalue weighted by atomic mass is 10.1. The van der Waals surface area contributed by atoms with Crippen molar-refractivity contribution in [2.24, 2.45) is 0 Å². The molecule has 0 saturated carbocycles. The van der Waals surface area contributed by atoms with Crippen molar-refractivity contribution in [1.82, 2.24) is 4.98 Å². The van der Waals surface area contributed by atoms with Crippen molar-refractivity contribution in [2.45, 2.75) is 34.8 Å². The van der Waals surface area contributed by atoms with Gasteiger partial charge in [0.15, 0.2) is 0 Å². The van der Waals surface area contributed by atoms with Gasteiger partial charge in [-0.3, -0.25) is 0 Å². The van der Waals surface area contributed by atoms with Gasteiger partial charge in [-0.15, -0.1) is 22.9 Å². The standard InChI is InChI=1S/C16H16ClF3N2S2/c17-13-5-8-22(12-3-1-11(2-4-12)16(18,19)20)14(13)6-9-23-15-21-7-10-24-15/h1-4,7,10,13-14H,5-6,8-9H2. The number of thioether (sulfide) groups is 1. The highest BCUT2D eigenvalue weighted by Crippen LogP contribution is 2.35. The van der Waals surface area contributed by atoms with E-state index in [2.05, 4.69) is 9.88 Å². The largest absolute Gasteiger partial charge is 0.416 e. The van der Waals surface area contributed by atoms with Crippen LogP contribution >= 0.6 is 34.7 Å². The summed E-state index contributed by atoms with van der Waals surface area (Å²) in [7, 11) is 0. The van der Waals surface area contributed by atoms with E-state index in [1.165, 1.54) is 0 Å². The number of rotatable bonds is 5. The zero-order chi connectivity index (χ0) is 17.2. The van der Waals surface area contributed by atoms with Crippen LogP contribution < -0.4 is 4.90 Å². The van der Waals surface area contributed by atoms with Crippen molar-refractivity contribution in [1.29, 1.82) is 0 Å².